The zero-order chi connectivity index (χ0) is 11.8. The van der Waals surface area contributed by atoms with E-state index >= 15 is 0 Å². The highest BCUT2D eigenvalue weighted by Crippen LogP contribution is 2.17. The third kappa shape index (κ3) is 5.26. The van der Waals surface area contributed by atoms with Gasteiger partial charge in [-0.05, 0) is 43.1 Å². The van der Waals surface area contributed by atoms with Crippen molar-refractivity contribution in [3.05, 3.63) is 48.3 Å². The average molecular weight is 206 g/mol. The zero-order valence-corrected chi connectivity index (χ0v) is 10.2. The normalized spacial score (nSPS) is 11.0. The smallest absolute Gasteiger partial charge is 0.115 e. The molecule has 0 N–H and O–H groups in total. The molecule has 0 saturated heterocycles. The summed E-state index contributed by atoms with van der Waals surface area (Å²) in [7, 11) is 0. The van der Waals surface area contributed by atoms with Crippen LogP contribution in [0.3, 0.4) is 0 Å². The molecule has 0 aliphatic carbocycles. The highest BCUT2D eigenvalue weighted by molar-refractivity contribution is 5.40. The Kier molecular flexibility index (Phi) is 6.52. The van der Waals surface area contributed by atoms with Gasteiger partial charge in [0.1, 0.15) is 5.76 Å². The molecule has 0 spiro atoms. The molecule has 0 saturated carbocycles. The Balaban J connectivity index is 4.41. The van der Waals surface area contributed by atoms with Gasteiger partial charge < -0.3 is 4.74 Å². The van der Waals surface area contributed by atoms with Crippen molar-refractivity contribution in [1.29, 1.82) is 0 Å². The second kappa shape index (κ2) is 7.10. The number of hydrogen-bond donors (Lipinski definition) is 0. The van der Waals surface area contributed by atoms with E-state index < -0.39 is 0 Å². The number of rotatable bonds is 7. The van der Waals surface area contributed by atoms with Crippen LogP contribution in [0.25, 0.3) is 0 Å². The number of hydrogen-bond acceptors (Lipinski definition) is 1. The van der Waals surface area contributed by atoms with Gasteiger partial charge in [0.2, 0.25) is 0 Å². The molecule has 0 aromatic heterocycles. The summed E-state index contributed by atoms with van der Waals surface area (Å²) in [5.41, 5.74) is 3.07. The molecular formula is C14H22O. The highest BCUT2D eigenvalue weighted by atomic mass is 16.5. The van der Waals surface area contributed by atoms with Gasteiger partial charge in [-0.1, -0.05) is 33.1 Å². The molecule has 0 aliphatic heterocycles. The van der Waals surface area contributed by atoms with Crippen LogP contribution in [0.5, 0.6) is 0 Å². The molecule has 0 radical (unpaired) electrons. The largest absolute Gasteiger partial charge is 0.494 e. The van der Waals surface area contributed by atoms with E-state index in [0.717, 1.165) is 29.6 Å². The van der Waals surface area contributed by atoms with Gasteiger partial charge in [-0.3, -0.25) is 0 Å². The van der Waals surface area contributed by atoms with E-state index in [0.29, 0.717) is 12.4 Å². The van der Waals surface area contributed by atoms with Crippen molar-refractivity contribution < 1.29 is 4.74 Å². The quantitative estimate of drug-likeness (QED) is 0.443. The van der Waals surface area contributed by atoms with Crippen LogP contribution in [0.15, 0.2) is 48.3 Å². The molecule has 0 heterocycles. The molecule has 0 atom stereocenters. The summed E-state index contributed by atoms with van der Waals surface area (Å²) in [6, 6.07) is 0. The maximum absolute atomic E-state index is 5.31. The van der Waals surface area contributed by atoms with Gasteiger partial charge in [0.25, 0.3) is 0 Å². The van der Waals surface area contributed by atoms with Crippen LogP contribution in [0.1, 0.15) is 33.6 Å². The Morgan fingerprint density at radius 2 is 1.80 bits per heavy atom. The predicted octanol–water partition coefficient (Wildman–Crippen LogP) is 4.40. The van der Waals surface area contributed by atoms with Crippen molar-refractivity contribution in [3.8, 4) is 0 Å². The molecule has 0 aliphatic rings. The van der Waals surface area contributed by atoms with Crippen molar-refractivity contribution >= 4 is 0 Å². The molecule has 84 valence electrons. The molecule has 0 bridgehead atoms. The maximum atomic E-state index is 5.31. The Hall–Kier alpha value is -1.24. The van der Waals surface area contributed by atoms with Gasteiger partial charge >= 0.3 is 0 Å². The SMILES string of the molecule is C=C(/C=C(\C)C(=C)OCC)C(=C)CCC. The molecule has 1 nitrogen and oxygen atoms in total. The van der Waals surface area contributed by atoms with Crippen LogP contribution in [-0.4, -0.2) is 6.61 Å². The minimum Gasteiger partial charge on any atom is -0.494 e. The average Bonchev–Trinajstić information content (AvgIpc) is 2.18. The van der Waals surface area contributed by atoms with Crippen molar-refractivity contribution in [2.45, 2.75) is 33.6 Å². The second-order valence-corrected chi connectivity index (χ2v) is 3.56. The van der Waals surface area contributed by atoms with E-state index in [1.807, 2.05) is 19.9 Å². The van der Waals surface area contributed by atoms with Gasteiger partial charge in [0.15, 0.2) is 0 Å². The fraction of sp³-hybridized carbons (Fsp3) is 0.429. The van der Waals surface area contributed by atoms with Crippen LogP contribution >= 0.6 is 0 Å². The fourth-order valence-electron chi connectivity index (χ4n) is 1.19. The van der Waals surface area contributed by atoms with Gasteiger partial charge in [0, 0.05) is 0 Å². The van der Waals surface area contributed by atoms with E-state index in [4.69, 9.17) is 4.74 Å². The summed E-state index contributed by atoms with van der Waals surface area (Å²) in [6.07, 6.45) is 4.07. The standard InChI is InChI=1S/C14H22O/c1-7-9-11(3)12(4)10-13(5)14(6)15-8-2/h10H,3-4,6-9H2,1-2,5H3/b13-10+. The fourth-order valence-corrected chi connectivity index (χ4v) is 1.19. The van der Waals surface area contributed by atoms with Crippen molar-refractivity contribution in [2.75, 3.05) is 6.61 Å². The summed E-state index contributed by atoms with van der Waals surface area (Å²) in [4.78, 5) is 0. The van der Waals surface area contributed by atoms with E-state index in [2.05, 4.69) is 26.7 Å². The third-order valence-electron chi connectivity index (χ3n) is 2.16. The molecule has 0 aromatic carbocycles. The Morgan fingerprint density at radius 1 is 1.20 bits per heavy atom. The molecular weight excluding hydrogens is 184 g/mol. The number of ether oxygens (including phenoxy) is 1. The lowest BCUT2D eigenvalue weighted by atomic mass is 10.0. The van der Waals surface area contributed by atoms with E-state index in [1.165, 1.54) is 0 Å². The molecule has 0 aromatic rings. The van der Waals surface area contributed by atoms with E-state index in [-0.39, 0.29) is 0 Å². The Morgan fingerprint density at radius 3 is 2.27 bits per heavy atom. The van der Waals surface area contributed by atoms with Gasteiger partial charge in [-0.15, -0.1) is 0 Å². The first-order chi connectivity index (χ1) is 7.02. The van der Waals surface area contributed by atoms with Crippen molar-refractivity contribution in [2.24, 2.45) is 0 Å². The Bertz CT molecular complexity index is 282. The molecule has 0 unspecified atom stereocenters. The van der Waals surface area contributed by atoms with Gasteiger partial charge in [-0.25, -0.2) is 0 Å². The summed E-state index contributed by atoms with van der Waals surface area (Å²) in [5.74, 6) is 0.711. The van der Waals surface area contributed by atoms with E-state index in [1.54, 1.807) is 0 Å². The van der Waals surface area contributed by atoms with Crippen LogP contribution in [0.4, 0.5) is 0 Å². The first-order valence-electron chi connectivity index (χ1n) is 5.40. The number of allylic oxidation sites excluding steroid dienone is 4. The summed E-state index contributed by atoms with van der Waals surface area (Å²) in [6.45, 7) is 18.5. The zero-order valence-electron chi connectivity index (χ0n) is 10.2. The van der Waals surface area contributed by atoms with Crippen LogP contribution in [-0.2, 0) is 4.74 Å². The van der Waals surface area contributed by atoms with Gasteiger partial charge in [0.05, 0.1) is 6.61 Å². The van der Waals surface area contributed by atoms with Crippen LogP contribution in [0.2, 0.25) is 0 Å². The van der Waals surface area contributed by atoms with Crippen molar-refractivity contribution in [3.63, 3.8) is 0 Å². The molecule has 0 fully saturated rings. The van der Waals surface area contributed by atoms with Crippen LogP contribution < -0.4 is 0 Å². The predicted molar refractivity (Wildman–Crippen MR) is 67.7 cm³/mol. The molecule has 15 heavy (non-hydrogen) atoms. The highest BCUT2D eigenvalue weighted by Gasteiger charge is 2.00. The Labute approximate surface area is 93.8 Å². The minimum absolute atomic E-state index is 0.645. The first kappa shape index (κ1) is 13.8. The molecule has 0 rings (SSSR count). The van der Waals surface area contributed by atoms with Gasteiger partial charge in [-0.2, -0.15) is 0 Å². The van der Waals surface area contributed by atoms with Crippen molar-refractivity contribution in [1.82, 2.24) is 0 Å². The summed E-state index contributed by atoms with van der Waals surface area (Å²) in [5, 5.41) is 0. The summed E-state index contributed by atoms with van der Waals surface area (Å²) < 4.78 is 5.31. The lowest BCUT2D eigenvalue weighted by molar-refractivity contribution is 0.239. The van der Waals surface area contributed by atoms with E-state index in [9.17, 15) is 0 Å². The van der Waals surface area contributed by atoms with Crippen LogP contribution in [0, 0.1) is 0 Å². The topological polar surface area (TPSA) is 9.23 Å². The lowest BCUT2D eigenvalue weighted by Crippen LogP contribution is -1.93. The molecule has 1 heteroatoms. The second-order valence-electron chi connectivity index (χ2n) is 3.56. The molecule has 0 amide bonds. The summed E-state index contributed by atoms with van der Waals surface area (Å²) >= 11 is 0. The third-order valence-corrected chi connectivity index (χ3v) is 2.16. The monoisotopic (exact) mass is 206 g/mol. The minimum atomic E-state index is 0.645. The lowest BCUT2D eigenvalue weighted by Gasteiger charge is -2.09. The first-order valence-corrected chi connectivity index (χ1v) is 5.40. The maximum Gasteiger partial charge on any atom is 0.115 e.